The summed E-state index contributed by atoms with van der Waals surface area (Å²) in [6.07, 6.45) is 2.25. The van der Waals surface area contributed by atoms with E-state index in [4.69, 9.17) is 9.84 Å². The Morgan fingerprint density at radius 3 is 1.66 bits per heavy atom. The topological polar surface area (TPSA) is 46.5 Å². The van der Waals surface area contributed by atoms with Crippen molar-refractivity contribution in [3.05, 3.63) is 65.2 Å². The fourth-order valence-electron chi connectivity index (χ4n) is 2.53. The van der Waals surface area contributed by atoms with Crippen molar-refractivity contribution < 1.29 is 14.6 Å². The van der Waals surface area contributed by atoms with Crippen LogP contribution in [-0.2, 0) is 5.41 Å². The molecule has 0 fully saturated rings. The number of hydrogen-bond donors (Lipinski definition) is 1. The van der Waals surface area contributed by atoms with Crippen molar-refractivity contribution in [1.82, 2.24) is 0 Å². The van der Waals surface area contributed by atoms with Crippen molar-refractivity contribution in [3.63, 3.8) is 0 Å². The smallest absolute Gasteiger partial charge is 0.335 e. The summed E-state index contributed by atoms with van der Waals surface area (Å²) in [7, 11) is 0. The van der Waals surface area contributed by atoms with E-state index in [2.05, 4.69) is 67.5 Å². The van der Waals surface area contributed by atoms with E-state index in [0.29, 0.717) is 5.56 Å². The first-order valence-electron chi connectivity index (χ1n) is 10.6. The lowest BCUT2D eigenvalue weighted by atomic mass is 9.78. The molecule has 0 atom stereocenters. The third kappa shape index (κ3) is 7.56. The number of carboxylic acids is 1. The molecule has 0 bridgehead atoms. The summed E-state index contributed by atoms with van der Waals surface area (Å²) in [5.74, 6) is 0.844. The molecule has 0 heterocycles. The fourth-order valence-corrected chi connectivity index (χ4v) is 2.53. The molecule has 0 saturated carbocycles. The Kier molecular flexibility index (Phi) is 8.94. The van der Waals surface area contributed by atoms with Gasteiger partial charge in [-0.3, -0.25) is 0 Å². The SMILES string of the molecule is CCC(C)(C)Oc1ccc(C(C)(C)c2ccc(C(=O)O)cc2)cc1.CCC(C)C. The molecule has 2 aromatic rings. The lowest BCUT2D eigenvalue weighted by Gasteiger charge is -2.28. The van der Waals surface area contributed by atoms with Gasteiger partial charge < -0.3 is 9.84 Å². The zero-order chi connectivity index (χ0) is 22.2. The van der Waals surface area contributed by atoms with Gasteiger partial charge in [-0.2, -0.15) is 0 Å². The lowest BCUT2D eigenvalue weighted by Crippen LogP contribution is -2.26. The second kappa shape index (κ2) is 10.5. The largest absolute Gasteiger partial charge is 0.488 e. The maximum atomic E-state index is 11.0. The van der Waals surface area contributed by atoms with Crippen LogP contribution in [0.2, 0.25) is 0 Å². The van der Waals surface area contributed by atoms with Gasteiger partial charge in [-0.15, -0.1) is 0 Å². The van der Waals surface area contributed by atoms with Gasteiger partial charge in [0, 0.05) is 5.41 Å². The van der Waals surface area contributed by atoms with Gasteiger partial charge in [-0.25, -0.2) is 4.79 Å². The van der Waals surface area contributed by atoms with Gasteiger partial charge >= 0.3 is 5.97 Å². The third-order valence-electron chi connectivity index (χ3n) is 5.49. The van der Waals surface area contributed by atoms with E-state index in [1.807, 2.05) is 24.3 Å². The molecule has 2 rings (SSSR count). The summed E-state index contributed by atoms with van der Waals surface area (Å²) >= 11 is 0. The number of carboxylic acid groups (broad SMARTS) is 1. The number of carbonyl (C=O) groups is 1. The summed E-state index contributed by atoms with van der Waals surface area (Å²) in [4.78, 5) is 11.0. The first kappa shape index (κ1) is 24.7. The average Bonchev–Trinajstić information content (AvgIpc) is 2.68. The van der Waals surface area contributed by atoms with E-state index in [9.17, 15) is 4.79 Å². The van der Waals surface area contributed by atoms with Gasteiger partial charge in [0.2, 0.25) is 0 Å². The van der Waals surface area contributed by atoms with Gasteiger partial charge in [0.1, 0.15) is 11.4 Å². The first-order chi connectivity index (χ1) is 13.4. The molecule has 3 heteroatoms. The molecule has 1 N–H and O–H groups in total. The Balaban J connectivity index is 0.000000749. The van der Waals surface area contributed by atoms with Gasteiger partial charge in [0.15, 0.2) is 0 Å². The first-order valence-corrected chi connectivity index (χ1v) is 10.6. The van der Waals surface area contributed by atoms with E-state index >= 15 is 0 Å². The van der Waals surface area contributed by atoms with E-state index < -0.39 is 5.97 Å². The minimum absolute atomic E-state index is 0.177. The summed E-state index contributed by atoms with van der Waals surface area (Å²) in [5, 5.41) is 9.03. The fraction of sp³-hybridized carbons (Fsp3) is 0.500. The second-order valence-electron chi connectivity index (χ2n) is 9.05. The zero-order valence-corrected chi connectivity index (χ0v) is 19.4. The normalized spacial score (nSPS) is 11.6. The van der Waals surface area contributed by atoms with E-state index in [1.165, 1.54) is 6.42 Å². The number of hydrogen-bond acceptors (Lipinski definition) is 2. The molecular weight excluding hydrogens is 360 g/mol. The van der Waals surface area contributed by atoms with Crippen LogP contribution < -0.4 is 4.74 Å². The van der Waals surface area contributed by atoms with Crippen molar-refractivity contribution in [1.29, 1.82) is 0 Å². The van der Waals surface area contributed by atoms with Gasteiger partial charge in [0.05, 0.1) is 5.56 Å². The van der Waals surface area contributed by atoms with Crippen LogP contribution in [0.1, 0.15) is 89.7 Å². The van der Waals surface area contributed by atoms with Crippen LogP contribution in [0.4, 0.5) is 0 Å². The van der Waals surface area contributed by atoms with Crippen molar-refractivity contribution in [2.24, 2.45) is 5.92 Å². The van der Waals surface area contributed by atoms with Gasteiger partial charge in [-0.1, -0.05) is 72.2 Å². The molecule has 0 radical (unpaired) electrons. The minimum atomic E-state index is -0.903. The lowest BCUT2D eigenvalue weighted by molar-refractivity contribution is 0.0696. The summed E-state index contributed by atoms with van der Waals surface area (Å²) < 4.78 is 6.00. The van der Waals surface area contributed by atoms with Gasteiger partial charge in [0.25, 0.3) is 0 Å². The van der Waals surface area contributed by atoms with Gasteiger partial charge in [-0.05, 0) is 61.6 Å². The van der Waals surface area contributed by atoms with Crippen LogP contribution in [-0.4, -0.2) is 16.7 Å². The number of ether oxygens (including phenoxy) is 1. The van der Waals surface area contributed by atoms with E-state index in [0.717, 1.165) is 29.2 Å². The number of rotatable bonds is 7. The van der Waals surface area contributed by atoms with Crippen LogP contribution in [0.25, 0.3) is 0 Å². The van der Waals surface area contributed by atoms with Crippen LogP contribution >= 0.6 is 0 Å². The standard InChI is InChI=1S/C21H26O3.C5H12/c1-6-20(2,3)24-18-13-11-17(12-14-18)21(4,5)16-9-7-15(8-10-16)19(22)23;1-4-5(2)3/h7-14H,6H2,1-5H3,(H,22,23);5H,4H2,1-3H3. The quantitative estimate of drug-likeness (QED) is 0.531. The highest BCUT2D eigenvalue weighted by Crippen LogP contribution is 2.33. The molecule has 0 spiro atoms. The average molecular weight is 399 g/mol. The minimum Gasteiger partial charge on any atom is -0.488 e. The maximum absolute atomic E-state index is 11.0. The third-order valence-corrected chi connectivity index (χ3v) is 5.49. The molecule has 0 unspecified atom stereocenters. The highest BCUT2D eigenvalue weighted by molar-refractivity contribution is 5.87. The van der Waals surface area contributed by atoms with Crippen LogP contribution in [0, 0.1) is 5.92 Å². The predicted molar refractivity (Wildman–Crippen MR) is 122 cm³/mol. The molecule has 0 amide bonds. The molecule has 2 aromatic carbocycles. The summed E-state index contributed by atoms with van der Waals surface area (Å²) in [5.41, 5.74) is 2.15. The molecule has 29 heavy (non-hydrogen) atoms. The molecule has 160 valence electrons. The Labute approximate surface area is 177 Å². The highest BCUT2D eigenvalue weighted by atomic mass is 16.5. The Bertz CT molecular complexity index is 754. The monoisotopic (exact) mass is 398 g/mol. The molecule has 0 aliphatic carbocycles. The van der Waals surface area contributed by atoms with Crippen molar-refractivity contribution >= 4 is 5.97 Å². The Morgan fingerprint density at radius 2 is 1.31 bits per heavy atom. The van der Waals surface area contributed by atoms with Crippen LogP contribution in [0.3, 0.4) is 0 Å². The number of aromatic carboxylic acids is 1. The van der Waals surface area contributed by atoms with E-state index in [-0.39, 0.29) is 11.0 Å². The molecular formula is C26H38O3. The zero-order valence-electron chi connectivity index (χ0n) is 19.4. The van der Waals surface area contributed by atoms with Crippen LogP contribution in [0.5, 0.6) is 5.75 Å². The Morgan fingerprint density at radius 1 is 0.897 bits per heavy atom. The summed E-state index contributed by atoms with van der Waals surface area (Å²) in [6, 6.07) is 15.2. The molecule has 3 nitrogen and oxygen atoms in total. The van der Waals surface area contributed by atoms with Crippen LogP contribution in [0.15, 0.2) is 48.5 Å². The van der Waals surface area contributed by atoms with E-state index in [1.54, 1.807) is 12.1 Å². The van der Waals surface area contributed by atoms with Crippen molar-refractivity contribution in [2.75, 3.05) is 0 Å². The predicted octanol–water partition coefficient (Wildman–Crippen LogP) is 7.33. The summed E-state index contributed by atoms with van der Waals surface area (Å²) in [6.45, 7) is 17.2. The molecule has 0 aliphatic rings. The van der Waals surface area contributed by atoms with Crippen molar-refractivity contribution in [3.8, 4) is 5.75 Å². The molecule has 0 saturated heterocycles. The second-order valence-corrected chi connectivity index (χ2v) is 9.05. The molecule has 0 aromatic heterocycles. The maximum Gasteiger partial charge on any atom is 0.335 e. The van der Waals surface area contributed by atoms with Crippen molar-refractivity contribution in [2.45, 2.75) is 79.2 Å². The highest BCUT2D eigenvalue weighted by Gasteiger charge is 2.24. The Hall–Kier alpha value is -2.29. The molecule has 0 aliphatic heterocycles. The number of benzene rings is 2.